The summed E-state index contributed by atoms with van der Waals surface area (Å²) in [5, 5.41) is 11.5. The maximum absolute atomic E-state index is 13.1. The van der Waals surface area contributed by atoms with E-state index >= 15 is 0 Å². The Kier molecular flexibility index (Phi) is 6.12. The Labute approximate surface area is 177 Å². The van der Waals surface area contributed by atoms with Crippen molar-refractivity contribution in [1.82, 2.24) is 5.32 Å². The molecule has 0 saturated carbocycles. The third kappa shape index (κ3) is 4.31. The number of hydrogen-bond donors (Lipinski definition) is 2. The van der Waals surface area contributed by atoms with E-state index in [1.165, 1.54) is 25.0 Å². The Morgan fingerprint density at radius 3 is 2.47 bits per heavy atom. The number of carboxylic acids is 1. The Bertz CT molecular complexity index is 1050. The number of nitrogens with zero attached hydrogens (tertiary/aromatic N) is 1. The third-order valence-electron chi connectivity index (χ3n) is 4.30. The minimum absolute atomic E-state index is 0.0450. The van der Waals surface area contributed by atoms with Gasteiger partial charge in [0.2, 0.25) is 0 Å². The van der Waals surface area contributed by atoms with Gasteiger partial charge in [0.15, 0.2) is 11.2 Å². The maximum Gasteiger partial charge on any atom is 0.344 e. The first-order valence-corrected chi connectivity index (χ1v) is 9.26. The summed E-state index contributed by atoms with van der Waals surface area (Å²) < 4.78 is 10.6. The van der Waals surface area contributed by atoms with Crippen LogP contribution >= 0.6 is 12.2 Å². The zero-order chi connectivity index (χ0) is 21.8. The molecule has 0 bridgehead atoms. The van der Waals surface area contributed by atoms with Crippen LogP contribution in [0.15, 0.2) is 54.1 Å². The van der Waals surface area contributed by atoms with Crippen molar-refractivity contribution in [2.75, 3.05) is 12.0 Å². The van der Waals surface area contributed by atoms with E-state index in [1.807, 2.05) is 0 Å². The number of methoxy groups -OCH3 is 1. The molecule has 2 aromatic carbocycles. The van der Waals surface area contributed by atoms with Crippen molar-refractivity contribution in [3.63, 3.8) is 0 Å². The highest BCUT2D eigenvalue weighted by Crippen LogP contribution is 2.27. The minimum atomic E-state index is -1.14. The molecule has 9 heteroatoms. The average Bonchev–Trinajstić information content (AvgIpc) is 2.72. The number of nitrogens with one attached hydrogen (secondary N) is 1. The van der Waals surface area contributed by atoms with Crippen LogP contribution < -0.4 is 19.7 Å². The second-order valence-corrected chi connectivity index (χ2v) is 6.68. The fourth-order valence-electron chi connectivity index (χ4n) is 2.73. The van der Waals surface area contributed by atoms with Crippen molar-refractivity contribution in [1.29, 1.82) is 0 Å². The lowest BCUT2D eigenvalue weighted by atomic mass is 10.1. The molecule has 1 atom stereocenters. The molecule has 1 aliphatic heterocycles. The number of rotatable bonds is 6. The van der Waals surface area contributed by atoms with E-state index in [2.05, 4.69) is 5.32 Å². The molecule has 2 amide bonds. The number of ether oxygens (including phenoxy) is 2. The average molecular weight is 426 g/mol. The summed E-state index contributed by atoms with van der Waals surface area (Å²) >= 11 is 5.18. The zero-order valence-corrected chi connectivity index (χ0v) is 16.9. The van der Waals surface area contributed by atoms with Crippen LogP contribution in [-0.4, -0.2) is 41.2 Å². The molecule has 3 rings (SSSR count). The number of aliphatic carboxylic acids is 1. The molecule has 1 heterocycles. The quantitative estimate of drug-likeness (QED) is 0.415. The first kappa shape index (κ1) is 21.0. The predicted molar refractivity (Wildman–Crippen MR) is 113 cm³/mol. The van der Waals surface area contributed by atoms with Gasteiger partial charge in [0.25, 0.3) is 11.8 Å². The summed E-state index contributed by atoms with van der Waals surface area (Å²) in [6.45, 7) is 1.38. The van der Waals surface area contributed by atoms with Gasteiger partial charge in [-0.15, -0.1) is 0 Å². The molecular weight excluding hydrogens is 408 g/mol. The largest absolute Gasteiger partial charge is 0.497 e. The highest BCUT2D eigenvalue weighted by molar-refractivity contribution is 7.80. The number of thiocarbonyl (C=S) groups is 1. The molecule has 1 fully saturated rings. The lowest BCUT2D eigenvalue weighted by Crippen LogP contribution is -2.54. The van der Waals surface area contributed by atoms with E-state index in [9.17, 15) is 14.4 Å². The molecule has 154 valence electrons. The first-order valence-electron chi connectivity index (χ1n) is 8.86. The topological polar surface area (TPSA) is 105 Å². The first-order chi connectivity index (χ1) is 14.3. The molecule has 0 spiro atoms. The molecule has 1 aliphatic rings. The monoisotopic (exact) mass is 426 g/mol. The van der Waals surface area contributed by atoms with Crippen LogP contribution in [0.4, 0.5) is 5.69 Å². The van der Waals surface area contributed by atoms with Crippen LogP contribution in [0.5, 0.6) is 11.5 Å². The Morgan fingerprint density at radius 2 is 1.83 bits per heavy atom. The number of benzene rings is 2. The fourth-order valence-corrected chi connectivity index (χ4v) is 3.01. The maximum atomic E-state index is 13.1. The number of anilines is 1. The molecule has 2 N–H and O–H groups in total. The van der Waals surface area contributed by atoms with Gasteiger partial charge in [-0.25, -0.2) is 4.79 Å². The van der Waals surface area contributed by atoms with E-state index < -0.39 is 23.9 Å². The summed E-state index contributed by atoms with van der Waals surface area (Å²) in [6, 6.07) is 13.1. The standard InChI is InChI=1S/C21H18N2O6S/c1-12(20(26)27)29-17-6-4-3-5-13(17)11-16-18(24)22-21(30)23(19(16)25)14-7-9-15(28-2)10-8-14/h3-12H,1-2H3,(H,26,27)(H,22,24,30)/b16-11+/t12-/m0/s1. The predicted octanol–water partition coefficient (Wildman–Crippen LogP) is 2.38. The van der Waals surface area contributed by atoms with Gasteiger partial charge in [-0.1, -0.05) is 18.2 Å². The molecule has 0 unspecified atom stereocenters. The van der Waals surface area contributed by atoms with E-state index in [0.717, 1.165) is 0 Å². The summed E-state index contributed by atoms with van der Waals surface area (Å²) in [7, 11) is 1.53. The summed E-state index contributed by atoms with van der Waals surface area (Å²) in [5.41, 5.74) is 0.672. The van der Waals surface area contributed by atoms with Crippen molar-refractivity contribution in [2.45, 2.75) is 13.0 Å². The van der Waals surface area contributed by atoms with Gasteiger partial charge in [-0.3, -0.25) is 19.8 Å². The molecular formula is C21H18N2O6S. The smallest absolute Gasteiger partial charge is 0.344 e. The van der Waals surface area contributed by atoms with Gasteiger partial charge in [0.05, 0.1) is 12.8 Å². The number of carboxylic acid groups (broad SMARTS) is 1. The highest BCUT2D eigenvalue weighted by Gasteiger charge is 2.34. The SMILES string of the molecule is COc1ccc(N2C(=O)/C(=C/c3ccccc3O[C@@H](C)C(=O)O)C(=O)NC2=S)cc1. The second kappa shape index (κ2) is 8.75. The van der Waals surface area contributed by atoms with E-state index in [-0.39, 0.29) is 16.4 Å². The number of carbonyl (C=O) groups excluding carboxylic acids is 2. The Morgan fingerprint density at radius 1 is 1.17 bits per heavy atom. The fraction of sp³-hybridized carbons (Fsp3) is 0.143. The molecule has 0 aromatic heterocycles. The molecule has 30 heavy (non-hydrogen) atoms. The molecule has 2 aromatic rings. The van der Waals surface area contributed by atoms with Crippen molar-refractivity contribution in [3.8, 4) is 11.5 Å². The van der Waals surface area contributed by atoms with E-state index in [4.69, 9.17) is 26.8 Å². The molecule has 1 saturated heterocycles. The second-order valence-electron chi connectivity index (χ2n) is 6.29. The van der Waals surface area contributed by atoms with Gasteiger partial charge >= 0.3 is 5.97 Å². The van der Waals surface area contributed by atoms with Crippen molar-refractivity contribution >= 4 is 46.9 Å². The Balaban J connectivity index is 1.98. The van der Waals surface area contributed by atoms with Crippen molar-refractivity contribution < 1.29 is 29.0 Å². The van der Waals surface area contributed by atoms with Crippen molar-refractivity contribution in [2.24, 2.45) is 0 Å². The summed E-state index contributed by atoms with van der Waals surface area (Å²) in [5.74, 6) is -1.58. The van der Waals surface area contributed by atoms with Crippen LogP contribution in [0.2, 0.25) is 0 Å². The van der Waals surface area contributed by atoms with Crippen LogP contribution in [0.25, 0.3) is 6.08 Å². The number of amides is 2. The van der Waals surface area contributed by atoms with Gasteiger partial charge in [-0.2, -0.15) is 0 Å². The van der Waals surface area contributed by atoms with Crippen LogP contribution in [0, 0.1) is 0 Å². The van der Waals surface area contributed by atoms with Gasteiger partial charge in [0, 0.05) is 5.56 Å². The number of para-hydroxylation sites is 1. The normalized spacial score (nSPS) is 16.3. The lowest BCUT2D eigenvalue weighted by Gasteiger charge is -2.29. The van der Waals surface area contributed by atoms with E-state index in [1.54, 1.807) is 48.5 Å². The van der Waals surface area contributed by atoms with Crippen molar-refractivity contribution in [3.05, 3.63) is 59.7 Å². The molecule has 0 aliphatic carbocycles. The number of carbonyl (C=O) groups is 3. The Hall–Kier alpha value is -3.72. The highest BCUT2D eigenvalue weighted by atomic mass is 32.1. The number of hydrogen-bond acceptors (Lipinski definition) is 6. The van der Waals surface area contributed by atoms with Crippen LogP contribution in [0.3, 0.4) is 0 Å². The third-order valence-corrected chi connectivity index (χ3v) is 4.59. The van der Waals surface area contributed by atoms with Crippen LogP contribution in [0.1, 0.15) is 12.5 Å². The van der Waals surface area contributed by atoms with Gasteiger partial charge < -0.3 is 14.6 Å². The minimum Gasteiger partial charge on any atom is -0.497 e. The van der Waals surface area contributed by atoms with Gasteiger partial charge in [0.1, 0.15) is 17.1 Å². The molecule has 8 nitrogen and oxygen atoms in total. The lowest BCUT2D eigenvalue weighted by molar-refractivity contribution is -0.144. The summed E-state index contributed by atoms with van der Waals surface area (Å²) in [6.07, 6.45) is 0.240. The molecule has 0 radical (unpaired) electrons. The zero-order valence-electron chi connectivity index (χ0n) is 16.1. The van der Waals surface area contributed by atoms with Crippen LogP contribution in [-0.2, 0) is 14.4 Å². The van der Waals surface area contributed by atoms with Gasteiger partial charge in [-0.05, 0) is 55.5 Å². The van der Waals surface area contributed by atoms with E-state index in [0.29, 0.717) is 17.0 Å². The summed E-state index contributed by atoms with van der Waals surface area (Å²) in [4.78, 5) is 37.9.